The number of ether oxygens (including phenoxy) is 2. The first-order valence-corrected chi connectivity index (χ1v) is 12.0. The van der Waals surface area contributed by atoms with E-state index in [1.807, 2.05) is 34.9 Å². The maximum absolute atomic E-state index is 13.1. The van der Waals surface area contributed by atoms with Crippen molar-refractivity contribution in [2.75, 3.05) is 39.6 Å². The van der Waals surface area contributed by atoms with Crippen LogP contribution in [0.25, 0.3) is 0 Å². The fourth-order valence-corrected chi connectivity index (χ4v) is 6.05. The predicted octanol–water partition coefficient (Wildman–Crippen LogP) is 3.84. The quantitative estimate of drug-likeness (QED) is 0.664. The average molecular weight is 455 g/mol. The Balaban J connectivity index is 1.39. The van der Waals surface area contributed by atoms with Crippen molar-refractivity contribution in [3.63, 3.8) is 0 Å². The minimum Gasteiger partial charge on any atom is -0.497 e. The number of amides is 2. The van der Waals surface area contributed by atoms with E-state index < -0.39 is 0 Å². The summed E-state index contributed by atoms with van der Waals surface area (Å²) in [5.74, 6) is 2.35. The van der Waals surface area contributed by atoms with Crippen LogP contribution in [0.2, 0.25) is 0 Å². The van der Waals surface area contributed by atoms with E-state index in [4.69, 9.17) is 9.47 Å². The number of carbonyl (C=O) groups is 2. The highest BCUT2D eigenvalue weighted by atomic mass is 32.2. The van der Waals surface area contributed by atoms with Crippen LogP contribution in [-0.2, 0) is 11.2 Å². The van der Waals surface area contributed by atoms with Gasteiger partial charge in [-0.3, -0.25) is 9.59 Å². The van der Waals surface area contributed by atoms with Gasteiger partial charge in [-0.15, -0.1) is 11.8 Å². The van der Waals surface area contributed by atoms with Gasteiger partial charge in [-0.1, -0.05) is 30.3 Å². The van der Waals surface area contributed by atoms with Crippen LogP contribution >= 0.6 is 11.8 Å². The molecule has 2 fully saturated rings. The standard InChI is InChI=1S/C25H30N2O4S/c1-30-21-16-20(17-22(18-21)31-2)24(29)26-12-10-25(11-13-26)27(14-15-32-25)23(28)9-8-19-6-4-3-5-7-19/h3-7,16-18H,8-15H2,1-2H3. The van der Waals surface area contributed by atoms with Gasteiger partial charge >= 0.3 is 0 Å². The highest BCUT2D eigenvalue weighted by Crippen LogP contribution is 2.44. The zero-order chi connectivity index (χ0) is 22.6. The summed E-state index contributed by atoms with van der Waals surface area (Å²) in [5.41, 5.74) is 1.75. The Labute approximate surface area is 193 Å². The molecule has 2 aromatic carbocycles. The highest BCUT2D eigenvalue weighted by Gasteiger charge is 2.46. The molecule has 0 saturated carbocycles. The number of rotatable bonds is 6. The van der Waals surface area contributed by atoms with E-state index in [0.717, 1.165) is 31.6 Å². The molecule has 2 amide bonds. The number of piperidine rings is 1. The van der Waals surface area contributed by atoms with Crippen LogP contribution in [0, 0.1) is 0 Å². The second kappa shape index (κ2) is 9.86. The molecule has 7 heteroatoms. The molecule has 0 aromatic heterocycles. The van der Waals surface area contributed by atoms with Crippen molar-refractivity contribution in [2.45, 2.75) is 30.6 Å². The van der Waals surface area contributed by atoms with Crippen LogP contribution in [0.5, 0.6) is 11.5 Å². The molecule has 0 atom stereocenters. The van der Waals surface area contributed by atoms with Crippen LogP contribution in [-0.4, -0.2) is 66.1 Å². The molecule has 6 nitrogen and oxygen atoms in total. The maximum Gasteiger partial charge on any atom is 0.254 e. The Kier molecular flexibility index (Phi) is 6.94. The zero-order valence-corrected chi connectivity index (χ0v) is 19.5. The first kappa shape index (κ1) is 22.5. The number of nitrogens with zero attached hydrogens (tertiary/aromatic N) is 2. The second-order valence-electron chi connectivity index (χ2n) is 8.22. The third-order valence-electron chi connectivity index (χ3n) is 6.38. The number of hydrogen-bond donors (Lipinski definition) is 0. The van der Waals surface area contributed by atoms with E-state index in [1.54, 1.807) is 32.4 Å². The predicted molar refractivity (Wildman–Crippen MR) is 126 cm³/mol. The van der Waals surface area contributed by atoms with Crippen LogP contribution in [0.3, 0.4) is 0 Å². The molecule has 1 spiro atoms. The summed E-state index contributed by atoms with van der Waals surface area (Å²) < 4.78 is 10.6. The SMILES string of the molecule is COc1cc(OC)cc(C(=O)N2CCC3(CC2)SCCN3C(=O)CCc2ccccc2)c1. The van der Waals surface area contributed by atoms with Crippen molar-refractivity contribution < 1.29 is 19.1 Å². The van der Waals surface area contributed by atoms with E-state index in [9.17, 15) is 9.59 Å². The molecule has 2 aliphatic heterocycles. The summed E-state index contributed by atoms with van der Waals surface area (Å²) in [6.45, 7) is 2.06. The highest BCUT2D eigenvalue weighted by molar-refractivity contribution is 8.00. The van der Waals surface area contributed by atoms with Crippen molar-refractivity contribution >= 4 is 23.6 Å². The summed E-state index contributed by atoms with van der Waals surface area (Å²) in [6, 6.07) is 15.4. The third kappa shape index (κ3) is 4.72. The number of methoxy groups -OCH3 is 2. The molecule has 0 bridgehead atoms. The van der Waals surface area contributed by atoms with E-state index >= 15 is 0 Å². The smallest absolute Gasteiger partial charge is 0.254 e. The lowest BCUT2D eigenvalue weighted by molar-refractivity contribution is -0.134. The number of likely N-dealkylation sites (tertiary alicyclic amines) is 1. The first-order valence-electron chi connectivity index (χ1n) is 11.1. The Bertz CT molecular complexity index is 935. The summed E-state index contributed by atoms with van der Waals surface area (Å²) >= 11 is 1.87. The van der Waals surface area contributed by atoms with Crippen molar-refractivity contribution in [3.8, 4) is 11.5 Å². The lowest BCUT2D eigenvalue weighted by atomic mass is 10.00. The lowest BCUT2D eigenvalue weighted by Gasteiger charge is -2.44. The number of hydrogen-bond acceptors (Lipinski definition) is 5. The monoisotopic (exact) mass is 454 g/mol. The molecule has 2 heterocycles. The molecule has 0 aliphatic carbocycles. The van der Waals surface area contributed by atoms with Crippen molar-refractivity contribution in [2.24, 2.45) is 0 Å². The average Bonchev–Trinajstić information content (AvgIpc) is 3.25. The number of benzene rings is 2. The largest absolute Gasteiger partial charge is 0.497 e. The Morgan fingerprint density at radius 3 is 2.25 bits per heavy atom. The van der Waals surface area contributed by atoms with Gasteiger partial charge in [-0.2, -0.15) is 0 Å². The lowest BCUT2D eigenvalue weighted by Crippen LogP contribution is -2.53. The molecule has 170 valence electrons. The van der Waals surface area contributed by atoms with Gasteiger partial charge in [0.2, 0.25) is 5.91 Å². The topological polar surface area (TPSA) is 59.1 Å². The fraction of sp³-hybridized carbons (Fsp3) is 0.440. The number of aryl methyl sites for hydroxylation is 1. The fourth-order valence-electron chi connectivity index (χ4n) is 4.58. The Hall–Kier alpha value is -2.67. The maximum atomic E-state index is 13.1. The Morgan fingerprint density at radius 2 is 1.62 bits per heavy atom. The van der Waals surface area contributed by atoms with Crippen LogP contribution in [0.15, 0.2) is 48.5 Å². The Morgan fingerprint density at radius 1 is 0.969 bits per heavy atom. The van der Waals surface area contributed by atoms with E-state index in [-0.39, 0.29) is 16.7 Å². The molecule has 0 radical (unpaired) electrons. The second-order valence-corrected chi connectivity index (χ2v) is 9.68. The molecule has 0 unspecified atom stereocenters. The minimum atomic E-state index is -0.184. The van der Waals surface area contributed by atoms with Gasteiger partial charge in [0, 0.05) is 43.4 Å². The number of thioether (sulfide) groups is 1. The first-order chi connectivity index (χ1) is 15.5. The molecule has 4 rings (SSSR count). The molecule has 2 saturated heterocycles. The van der Waals surface area contributed by atoms with Crippen molar-refractivity contribution in [1.82, 2.24) is 9.80 Å². The van der Waals surface area contributed by atoms with Crippen LogP contribution < -0.4 is 9.47 Å². The van der Waals surface area contributed by atoms with Gasteiger partial charge in [0.25, 0.3) is 5.91 Å². The van der Waals surface area contributed by atoms with E-state index in [1.165, 1.54) is 5.56 Å². The summed E-state index contributed by atoms with van der Waals surface area (Å²) in [5, 5.41) is 0. The molecule has 0 N–H and O–H groups in total. The third-order valence-corrected chi connectivity index (χ3v) is 7.93. The number of carbonyl (C=O) groups excluding carboxylic acids is 2. The minimum absolute atomic E-state index is 0.0259. The summed E-state index contributed by atoms with van der Waals surface area (Å²) in [6.07, 6.45) is 2.88. The molecular weight excluding hydrogens is 424 g/mol. The van der Waals surface area contributed by atoms with Crippen molar-refractivity contribution in [3.05, 3.63) is 59.7 Å². The molecular formula is C25H30N2O4S. The summed E-state index contributed by atoms with van der Waals surface area (Å²) in [7, 11) is 3.16. The van der Waals surface area contributed by atoms with Crippen molar-refractivity contribution in [1.29, 1.82) is 0 Å². The summed E-state index contributed by atoms with van der Waals surface area (Å²) in [4.78, 5) is 30.0. The van der Waals surface area contributed by atoms with Gasteiger partial charge in [0.05, 0.1) is 19.1 Å². The van der Waals surface area contributed by atoms with Gasteiger partial charge in [-0.25, -0.2) is 0 Å². The van der Waals surface area contributed by atoms with Gasteiger partial charge in [-0.05, 0) is 37.0 Å². The normalized spacial score (nSPS) is 17.4. The van der Waals surface area contributed by atoms with Crippen LogP contribution in [0.1, 0.15) is 35.2 Å². The van der Waals surface area contributed by atoms with E-state index in [0.29, 0.717) is 36.6 Å². The molecule has 2 aromatic rings. The van der Waals surface area contributed by atoms with Gasteiger partial charge < -0.3 is 19.3 Å². The van der Waals surface area contributed by atoms with Gasteiger partial charge in [0.15, 0.2) is 0 Å². The zero-order valence-electron chi connectivity index (χ0n) is 18.7. The molecule has 2 aliphatic rings. The van der Waals surface area contributed by atoms with Crippen LogP contribution in [0.4, 0.5) is 0 Å². The molecule has 32 heavy (non-hydrogen) atoms. The van der Waals surface area contributed by atoms with E-state index in [2.05, 4.69) is 17.0 Å². The van der Waals surface area contributed by atoms with Gasteiger partial charge in [0.1, 0.15) is 11.5 Å².